The minimum Gasteiger partial charge on any atom is -0.383 e. The largest absolute Gasteiger partial charge is 0.416 e. The Balaban J connectivity index is 1.15. The average molecular weight is 647 g/mol. The van der Waals surface area contributed by atoms with Crippen LogP contribution in [0.1, 0.15) is 29.8 Å². The standard InChI is InChI=1S/C35H29F3N10/c36-35(37,38)24-4-1-3-23(19-24)28-10-11-29-34(44-28)48(33(45-29)27-5-2-15-42-32(27)40)26-8-6-22(7-9-26)21-47-17-13-25(14-18-47)43-30-12-16-41-31(20-39)46-30/h1-12,15-16,19,25H,13-14,17-18,21H2,(H2,40,42)(H,41,43,46). The molecule has 240 valence electrons. The molecular weight excluding hydrogens is 617 g/mol. The molecule has 0 unspecified atom stereocenters. The fraction of sp³-hybridized carbons (Fsp3) is 0.200. The van der Waals surface area contributed by atoms with Gasteiger partial charge in [-0.1, -0.05) is 24.3 Å². The van der Waals surface area contributed by atoms with Crippen LogP contribution in [0.2, 0.25) is 0 Å². The molecule has 4 aromatic heterocycles. The molecular formula is C35H29F3N10. The zero-order chi connectivity index (χ0) is 33.3. The van der Waals surface area contributed by atoms with Gasteiger partial charge < -0.3 is 11.1 Å². The Morgan fingerprint density at radius 1 is 0.896 bits per heavy atom. The number of nitriles is 1. The van der Waals surface area contributed by atoms with Crippen molar-refractivity contribution in [1.82, 2.24) is 34.4 Å². The number of pyridine rings is 2. The number of alkyl halides is 3. The molecule has 2 aromatic carbocycles. The summed E-state index contributed by atoms with van der Waals surface area (Å²) in [6, 6.07) is 24.2. The van der Waals surface area contributed by atoms with Gasteiger partial charge in [0.05, 0.1) is 16.8 Å². The number of imidazole rings is 1. The van der Waals surface area contributed by atoms with E-state index >= 15 is 0 Å². The van der Waals surface area contributed by atoms with Gasteiger partial charge in [0.25, 0.3) is 0 Å². The number of fused-ring (bicyclic) bond motifs is 1. The zero-order valence-electron chi connectivity index (χ0n) is 25.6. The number of hydrogen-bond donors (Lipinski definition) is 2. The fourth-order valence-electron chi connectivity index (χ4n) is 5.95. The van der Waals surface area contributed by atoms with Crippen LogP contribution in [0.3, 0.4) is 0 Å². The second kappa shape index (κ2) is 12.7. The highest BCUT2D eigenvalue weighted by Gasteiger charge is 2.30. The van der Waals surface area contributed by atoms with E-state index in [1.54, 1.807) is 42.7 Å². The highest BCUT2D eigenvalue weighted by atomic mass is 19.4. The van der Waals surface area contributed by atoms with Crippen molar-refractivity contribution in [1.29, 1.82) is 5.26 Å². The van der Waals surface area contributed by atoms with Crippen molar-refractivity contribution < 1.29 is 13.2 Å². The van der Waals surface area contributed by atoms with E-state index in [-0.39, 0.29) is 11.9 Å². The van der Waals surface area contributed by atoms with Crippen LogP contribution < -0.4 is 11.1 Å². The third kappa shape index (κ3) is 6.38. The number of piperidine rings is 1. The summed E-state index contributed by atoms with van der Waals surface area (Å²) < 4.78 is 42.3. The van der Waals surface area contributed by atoms with Crippen LogP contribution >= 0.6 is 0 Å². The monoisotopic (exact) mass is 646 g/mol. The van der Waals surface area contributed by atoms with Gasteiger partial charge in [0, 0.05) is 49.3 Å². The minimum atomic E-state index is -4.47. The number of anilines is 2. The average Bonchev–Trinajstić information content (AvgIpc) is 3.48. The number of aromatic nitrogens is 6. The summed E-state index contributed by atoms with van der Waals surface area (Å²) >= 11 is 0. The number of halogens is 3. The number of nitrogens with zero attached hydrogens (tertiary/aromatic N) is 8. The molecule has 7 rings (SSSR count). The smallest absolute Gasteiger partial charge is 0.383 e. The van der Waals surface area contributed by atoms with E-state index in [4.69, 9.17) is 21.0 Å². The van der Waals surface area contributed by atoms with Crippen LogP contribution in [-0.4, -0.2) is 53.5 Å². The van der Waals surface area contributed by atoms with Crippen molar-refractivity contribution >= 4 is 22.8 Å². The predicted octanol–water partition coefficient (Wildman–Crippen LogP) is 6.49. The van der Waals surface area contributed by atoms with E-state index < -0.39 is 11.7 Å². The molecule has 1 aliphatic rings. The van der Waals surface area contributed by atoms with E-state index in [1.165, 1.54) is 6.07 Å². The second-order valence-electron chi connectivity index (χ2n) is 11.6. The zero-order valence-corrected chi connectivity index (χ0v) is 25.6. The topological polar surface area (TPSA) is 134 Å². The molecule has 5 heterocycles. The highest BCUT2D eigenvalue weighted by Crippen LogP contribution is 2.34. The summed E-state index contributed by atoms with van der Waals surface area (Å²) in [6.07, 6.45) is 0.576. The number of nitrogens with one attached hydrogen (secondary N) is 1. The van der Waals surface area contributed by atoms with Crippen molar-refractivity contribution in [3.8, 4) is 34.4 Å². The summed E-state index contributed by atoms with van der Waals surface area (Å²) in [6.45, 7) is 2.56. The summed E-state index contributed by atoms with van der Waals surface area (Å²) in [7, 11) is 0. The molecule has 1 saturated heterocycles. The van der Waals surface area contributed by atoms with Crippen LogP contribution in [0.4, 0.5) is 24.8 Å². The van der Waals surface area contributed by atoms with Gasteiger partial charge in [-0.2, -0.15) is 18.4 Å². The molecule has 0 amide bonds. The molecule has 10 nitrogen and oxygen atoms in total. The molecule has 0 aliphatic carbocycles. The molecule has 1 fully saturated rings. The van der Waals surface area contributed by atoms with E-state index in [0.29, 0.717) is 45.4 Å². The predicted molar refractivity (Wildman–Crippen MR) is 176 cm³/mol. The molecule has 0 radical (unpaired) electrons. The van der Waals surface area contributed by atoms with Gasteiger partial charge in [0.15, 0.2) is 11.5 Å². The van der Waals surface area contributed by atoms with Crippen LogP contribution in [0, 0.1) is 11.3 Å². The number of hydrogen-bond acceptors (Lipinski definition) is 9. The van der Waals surface area contributed by atoms with Crippen LogP contribution in [0.25, 0.3) is 39.5 Å². The van der Waals surface area contributed by atoms with Gasteiger partial charge in [-0.05, 0) is 73.0 Å². The molecule has 0 spiro atoms. The van der Waals surface area contributed by atoms with Crippen LogP contribution in [-0.2, 0) is 12.7 Å². The van der Waals surface area contributed by atoms with Gasteiger partial charge in [-0.3, -0.25) is 9.47 Å². The Labute approximate surface area is 273 Å². The Kier molecular flexibility index (Phi) is 8.16. The van der Waals surface area contributed by atoms with Gasteiger partial charge in [0.2, 0.25) is 5.82 Å². The van der Waals surface area contributed by atoms with E-state index in [9.17, 15) is 13.2 Å². The first kappa shape index (κ1) is 30.8. The molecule has 0 bridgehead atoms. The lowest BCUT2D eigenvalue weighted by molar-refractivity contribution is -0.137. The quantitative estimate of drug-likeness (QED) is 0.200. The Hall–Kier alpha value is -5.87. The van der Waals surface area contributed by atoms with Gasteiger partial charge >= 0.3 is 6.18 Å². The third-order valence-electron chi connectivity index (χ3n) is 8.37. The molecule has 13 heteroatoms. The lowest BCUT2D eigenvalue weighted by Gasteiger charge is -2.32. The first-order valence-corrected chi connectivity index (χ1v) is 15.3. The highest BCUT2D eigenvalue weighted by molar-refractivity contribution is 5.84. The van der Waals surface area contributed by atoms with E-state index in [2.05, 4.69) is 37.3 Å². The lowest BCUT2D eigenvalue weighted by atomic mass is 10.0. The Bertz CT molecular complexity index is 2130. The molecule has 0 saturated carbocycles. The summed E-state index contributed by atoms with van der Waals surface area (Å²) in [5, 5.41) is 12.5. The Morgan fingerprint density at radius 3 is 2.46 bits per heavy atom. The number of nitrogen functional groups attached to an aromatic ring is 1. The molecule has 48 heavy (non-hydrogen) atoms. The van der Waals surface area contributed by atoms with Crippen molar-refractivity contribution in [2.45, 2.75) is 31.6 Å². The van der Waals surface area contributed by atoms with E-state index in [1.807, 2.05) is 28.8 Å². The second-order valence-corrected chi connectivity index (χ2v) is 11.6. The third-order valence-corrected chi connectivity index (χ3v) is 8.37. The fourth-order valence-corrected chi connectivity index (χ4v) is 5.95. The maximum atomic E-state index is 13.5. The van der Waals surface area contributed by atoms with Crippen LogP contribution in [0.15, 0.2) is 91.3 Å². The Morgan fingerprint density at radius 2 is 1.71 bits per heavy atom. The van der Waals surface area contributed by atoms with Gasteiger partial charge in [-0.15, -0.1) is 0 Å². The SMILES string of the molecule is N#Cc1nccc(NC2CCN(Cc3ccc(-n4c(-c5cccnc5N)nc5ccc(-c6cccc(C(F)(F)F)c6)nc54)cc3)CC2)n1. The van der Waals surface area contributed by atoms with Crippen molar-refractivity contribution in [2.75, 3.05) is 24.1 Å². The van der Waals surface area contributed by atoms with Crippen molar-refractivity contribution in [2.24, 2.45) is 0 Å². The van der Waals surface area contributed by atoms with Crippen molar-refractivity contribution in [3.05, 3.63) is 108 Å². The summed E-state index contributed by atoms with van der Waals surface area (Å²) in [5.41, 5.74) is 9.83. The number of nitrogens with two attached hydrogens (primary N) is 1. The van der Waals surface area contributed by atoms with Gasteiger partial charge in [0.1, 0.15) is 23.2 Å². The number of rotatable bonds is 7. The lowest BCUT2D eigenvalue weighted by Crippen LogP contribution is -2.38. The first-order chi connectivity index (χ1) is 23.2. The maximum Gasteiger partial charge on any atom is 0.416 e. The molecule has 6 aromatic rings. The van der Waals surface area contributed by atoms with Crippen molar-refractivity contribution in [3.63, 3.8) is 0 Å². The van der Waals surface area contributed by atoms with E-state index in [0.717, 1.165) is 55.9 Å². The number of likely N-dealkylation sites (tertiary alicyclic amines) is 1. The molecule has 1 aliphatic heterocycles. The normalized spacial score (nSPS) is 14.2. The van der Waals surface area contributed by atoms with Gasteiger partial charge in [-0.25, -0.2) is 24.9 Å². The minimum absolute atomic E-state index is 0.146. The summed E-state index contributed by atoms with van der Waals surface area (Å²) in [5.74, 6) is 1.63. The van der Waals surface area contributed by atoms with Crippen LogP contribution in [0.5, 0.6) is 0 Å². The summed E-state index contributed by atoms with van der Waals surface area (Å²) in [4.78, 5) is 24.4. The number of benzene rings is 2. The maximum absolute atomic E-state index is 13.5. The molecule has 3 N–H and O–H groups in total. The first-order valence-electron chi connectivity index (χ1n) is 15.3. The molecule has 0 atom stereocenters.